The van der Waals surface area contributed by atoms with Crippen LogP contribution >= 0.6 is 0 Å². The van der Waals surface area contributed by atoms with Crippen LogP contribution in [0.5, 0.6) is 0 Å². The standard InChI is InChI=1S/C12H13N5O3/c1-16-8-9(17(2)12(19)15-10(8)18)14-11(16)13-6-7-4-3-5-20-7/h3-5H,6H2,1-2H3,(H,13,14)(H,15,18,19). The van der Waals surface area contributed by atoms with Gasteiger partial charge in [0.15, 0.2) is 11.2 Å². The molecule has 0 aromatic carbocycles. The highest BCUT2D eigenvalue weighted by Crippen LogP contribution is 2.13. The van der Waals surface area contributed by atoms with E-state index >= 15 is 0 Å². The Hall–Kier alpha value is -2.77. The largest absolute Gasteiger partial charge is 0.467 e. The van der Waals surface area contributed by atoms with E-state index in [4.69, 9.17) is 4.42 Å². The molecule has 0 unspecified atom stereocenters. The van der Waals surface area contributed by atoms with Gasteiger partial charge in [0.25, 0.3) is 5.56 Å². The molecule has 3 heterocycles. The summed E-state index contributed by atoms with van der Waals surface area (Å²) >= 11 is 0. The fraction of sp³-hybridized carbons (Fsp3) is 0.250. The third-order valence-electron chi connectivity index (χ3n) is 3.14. The van der Waals surface area contributed by atoms with Gasteiger partial charge in [-0.2, -0.15) is 4.98 Å². The van der Waals surface area contributed by atoms with E-state index in [1.807, 2.05) is 6.07 Å². The van der Waals surface area contributed by atoms with E-state index in [2.05, 4.69) is 15.3 Å². The monoisotopic (exact) mass is 275 g/mol. The Labute approximate surface area is 112 Å². The van der Waals surface area contributed by atoms with Crippen molar-refractivity contribution >= 4 is 17.1 Å². The number of hydrogen-bond donors (Lipinski definition) is 2. The number of imidazole rings is 1. The zero-order valence-corrected chi connectivity index (χ0v) is 11.0. The Balaban J connectivity index is 2.07. The fourth-order valence-electron chi connectivity index (χ4n) is 2.05. The molecule has 0 atom stereocenters. The third kappa shape index (κ3) is 1.81. The number of hydrogen-bond acceptors (Lipinski definition) is 5. The smallest absolute Gasteiger partial charge is 0.329 e. The van der Waals surface area contributed by atoms with Crippen LogP contribution in [0.15, 0.2) is 32.4 Å². The molecular weight excluding hydrogens is 262 g/mol. The maximum Gasteiger partial charge on any atom is 0.329 e. The minimum atomic E-state index is -0.488. The van der Waals surface area contributed by atoms with Gasteiger partial charge in [-0.15, -0.1) is 0 Å². The van der Waals surface area contributed by atoms with Crippen LogP contribution in [0.1, 0.15) is 5.76 Å². The Morgan fingerprint density at radius 2 is 2.15 bits per heavy atom. The van der Waals surface area contributed by atoms with Gasteiger partial charge < -0.3 is 14.3 Å². The lowest BCUT2D eigenvalue weighted by atomic mass is 10.4. The Kier molecular flexibility index (Phi) is 2.70. The Morgan fingerprint density at radius 3 is 2.85 bits per heavy atom. The molecule has 2 N–H and O–H groups in total. The average Bonchev–Trinajstić information content (AvgIpc) is 3.02. The molecule has 3 aromatic rings. The van der Waals surface area contributed by atoms with Gasteiger partial charge in [0.1, 0.15) is 5.76 Å². The highest BCUT2D eigenvalue weighted by Gasteiger charge is 2.14. The van der Waals surface area contributed by atoms with Crippen LogP contribution < -0.4 is 16.6 Å². The van der Waals surface area contributed by atoms with E-state index in [0.717, 1.165) is 5.76 Å². The lowest BCUT2D eigenvalue weighted by molar-refractivity contribution is 0.517. The van der Waals surface area contributed by atoms with E-state index in [1.54, 1.807) is 31.0 Å². The van der Waals surface area contributed by atoms with Gasteiger partial charge in [-0.1, -0.05) is 0 Å². The highest BCUT2D eigenvalue weighted by molar-refractivity contribution is 5.73. The predicted molar refractivity (Wildman–Crippen MR) is 72.6 cm³/mol. The van der Waals surface area contributed by atoms with Gasteiger partial charge in [-0.25, -0.2) is 4.79 Å². The van der Waals surface area contributed by atoms with Gasteiger partial charge in [0, 0.05) is 14.1 Å². The number of fused-ring (bicyclic) bond motifs is 1. The van der Waals surface area contributed by atoms with Crippen LogP contribution in [0.4, 0.5) is 5.95 Å². The van der Waals surface area contributed by atoms with Crippen LogP contribution in [-0.2, 0) is 20.6 Å². The predicted octanol–water partition coefficient (Wildman–Crippen LogP) is 0.165. The molecule has 0 spiro atoms. The second kappa shape index (κ2) is 4.41. The lowest BCUT2D eigenvalue weighted by Crippen LogP contribution is -2.29. The molecule has 3 aromatic heterocycles. The number of furan rings is 1. The topological polar surface area (TPSA) is 97.8 Å². The van der Waals surface area contributed by atoms with Crippen molar-refractivity contribution < 1.29 is 4.42 Å². The maximum atomic E-state index is 11.8. The third-order valence-corrected chi connectivity index (χ3v) is 3.14. The molecule has 0 radical (unpaired) electrons. The highest BCUT2D eigenvalue weighted by atomic mass is 16.3. The minimum absolute atomic E-state index is 0.336. The Bertz CT molecular complexity index is 869. The van der Waals surface area contributed by atoms with Gasteiger partial charge in [0.05, 0.1) is 12.8 Å². The second-order valence-corrected chi connectivity index (χ2v) is 4.42. The van der Waals surface area contributed by atoms with Crippen LogP contribution in [-0.4, -0.2) is 19.1 Å². The summed E-state index contributed by atoms with van der Waals surface area (Å²) in [5.74, 6) is 1.24. The number of aryl methyl sites for hydroxylation is 2. The normalized spacial score (nSPS) is 11.1. The Morgan fingerprint density at radius 1 is 1.35 bits per heavy atom. The summed E-state index contributed by atoms with van der Waals surface area (Å²) in [6, 6.07) is 3.62. The van der Waals surface area contributed by atoms with Crippen molar-refractivity contribution in [2.24, 2.45) is 14.1 Å². The molecule has 0 saturated carbocycles. The minimum Gasteiger partial charge on any atom is -0.467 e. The first-order valence-electron chi connectivity index (χ1n) is 6.00. The van der Waals surface area contributed by atoms with E-state index in [0.29, 0.717) is 23.7 Å². The summed E-state index contributed by atoms with van der Waals surface area (Å²) < 4.78 is 8.12. The lowest BCUT2D eigenvalue weighted by Gasteiger charge is -2.03. The van der Waals surface area contributed by atoms with Crippen molar-refractivity contribution in [3.63, 3.8) is 0 Å². The summed E-state index contributed by atoms with van der Waals surface area (Å²) in [6.45, 7) is 0.440. The van der Waals surface area contributed by atoms with Gasteiger partial charge >= 0.3 is 5.69 Å². The van der Waals surface area contributed by atoms with Crippen LogP contribution in [0.3, 0.4) is 0 Å². The van der Waals surface area contributed by atoms with Crippen LogP contribution in [0, 0.1) is 0 Å². The molecule has 0 amide bonds. The number of rotatable bonds is 3. The molecular formula is C12H13N5O3. The molecule has 104 valence electrons. The number of nitrogens with one attached hydrogen (secondary N) is 2. The number of H-pyrrole nitrogens is 1. The molecule has 0 saturated heterocycles. The zero-order chi connectivity index (χ0) is 14.3. The SMILES string of the molecule is Cn1c(NCc2ccco2)nc2c1c(=O)[nH]c(=O)n2C. The van der Waals surface area contributed by atoms with E-state index in [-0.39, 0.29) is 0 Å². The number of aromatic nitrogens is 4. The first kappa shape index (κ1) is 12.3. The van der Waals surface area contributed by atoms with Crippen molar-refractivity contribution in [1.82, 2.24) is 19.1 Å². The van der Waals surface area contributed by atoms with Crippen LogP contribution in [0.25, 0.3) is 11.2 Å². The molecule has 8 heteroatoms. The zero-order valence-electron chi connectivity index (χ0n) is 11.0. The molecule has 0 aliphatic rings. The first-order chi connectivity index (χ1) is 9.58. The van der Waals surface area contributed by atoms with E-state index in [1.165, 1.54) is 4.57 Å². The van der Waals surface area contributed by atoms with Crippen molar-refractivity contribution in [2.75, 3.05) is 5.32 Å². The molecule has 0 aliphatic heterocycles. The number of anilines is 1. The molecule has 3 rings (SSSR count). The summed E-state index contributed by atoms with van der Waals surface area (Å²) in [7, 11) is 3.27. The van der Waals surface area contributed by atoms with Gasteiger partial charge in [0.2, 0.25) is 5.95 Å². The fourth-order valence-corrected chi connectivity index (χ4v) is 2.05. The van der Waals surface area contributed by atoms with Crippen molar-refractivity contribution in [3.8, 4) is 0 Å². The van der Waals surface area contributed by atoms with Crippen molar-refractivity contribution in [2.45, 2.75) is 6.54 Å². The van der Waals surface area contributed by atoms with Crippen molar-refractivity contribution in [1.29, 1.82) is 0 Å². The van der Waals surface area contributed by atoms with E-state index in [9.17, 15) is 9.59 Å². The average molecular weight is 275 g/mol. The van der Waals surface area contributed by atoms with Gasteiger partial charge in [-0.05, 0) is 12.1 Å². The molecule has 20 heavy (non-hydrogen) atoms. The molecule has 0 bridgehead atoms. The number of nitrogens with zero attached hydrogens (tertiary/aromatic N) is 3. The van der Waals surface area contributed by atoms with Crippen molar-refractivity contribution in [3.05, 3.63) is 45.0 Å². The quantitative estimate of drug-likeness (QED) is 0.710. The summed E-state index contributed by atoms with van der Waals surface area (Å²) in [5, 5.41) is 3.07. The molecule has 0 aliphatic carbocycles. The maximum absolute atomic E-state index is 11.8. The van der Waals surface area contributed by atoms with E-state index < -0.39 is 11.2 Å². The number of aromatic amines is 1. The summed E-state index contributed by atoms with van der Waals surface area (Å²) in [6.07, 6.45) is 1.58. The molecule has 8 nitrogen and oxygen atoms in total. The summed E-state index contributed by atoms with van der Waals surface area (Å²) in [5.41, 5.74) is -0.264. The second-order valence-electron chi connectivity index (χ2n) is 4.42. The molecule has 0 fully saturated rings. The van der Waals surface area contributed by atoms with Gasteiger partial charge in [-0.3, -0.25) is 14.3 Å². The first-order valence-corrected chi connectivity index (χ1v) is 6.00. The summed E-state index contributed by atoms with van der Waals surface area (Å²) in [4.78, 5) is 29.9. The van der Waals surface area contributed by atoms with Crippen LogP contribution in [0.2, 0.25) is 0 Å².